The summed E-state index contributed by atoms with van der Waals surface area (Å²) in [6.07, 6.45) is -4.67. The zero-order chi connectivity index (χ0) is 7.15. The Labute approximate surface area is 63.4 Å². The maximum atomic E-state index is 8.33. The number of hydrogen-bond donors (Lipinski definition) is 0. The molecule has 7 heteroatoms. The molecule has 0 heterocycles. The summed E-state index contributed by atoms with van der Waals surface area (Å²) in [6, 6.07) is 0. The fourth-order valence-corrected chi connectivity index (χ4v) is 0. The van der Waals surface area contributed by atoms with Gasteiger partial charge in [0.05, 0.1) is 0 Å². The first-order valence-corrected chi connectivity index (χ1v) is 1.22. The first-order valence-electron chi connectivity index (χ1n) is 1.22. The summed E-state index contributed by atoms with van der Waals surface area (Å²) in [5.41, 5.74) is 0. The molecule has 0 atom stereocenters. The van der Waals surface area contributed by atoms with Crippen LogP contribution in [0.25, 0.3) is 0 Å². The van der Waals surface area contributed by atoms with Gasteiger partial charge in [-0.15, -0.1) is 0 Å². The van der Waals surface area contributed by atoms with Crippen LogP contribution in [-0.4, -0.2) is 12.3 Å². The van der Waals surface area contributed by atoms with E-state index in [1.54, 1.807) is 0 Å². The first-order chi connectivity index (χ1) is 3.46. The largest absolute Gasteiger partial charge is 4.00 e. The second-order valence-corrected chi connectivity index (χ2v) is 0.500. The average molecular weight is 306 g/mol. The Bertz CT molecular complexity index is 69.1. The van der Waals surface area contributed by atoms with Crippen LogP contribution in [0.1, 0.15) is 0 Å². The predicted molar refractivity (Wildman–Crippen MR) is 10.8 cm³/mol. The van der Waals surface area contributed by atoms with Crippen molar-refractivity contribution < 1.29 is 50.4 Å². The van der Waals surface area contributed by atoms with Crippen molar-refractivity contribution in [1.82, 2.24) is 0 Å². The van der Waals surface area contributed by atoms with E-state index in [9.17, 15) is 0 Å². The molecule has 0 fully saturated rings. The van der Waals surface area contributed by atoms with E-state index in [4.69, 9.17) is 30.0 Å². The van der Waals surface area contributed by atoms with E-state index < -0.39 is 12.3 Å². The van der Waals surface area contributed by atoms with Gasteiger partial charge in [0.25, 0.3) is 0 Å². The van der Waals surface area contributed by atoms with Crippen LogP contribution in [0.2, 0.25) is 0 Å². The Morgan fingerprint density at radius 1 is 0.778 bits per heavy atom. The first kappa shape index (κ1) is 15.7. The topological polar surface area (TPSA) is 126 Å². The summed E-state index contributed by atoms with van der Waals surface area (Å²) in [5.74, 6) is 0. The quantitative estimate of drug-likeness (QED) is 0.441. The molecule has 6 nitrogen and oxygen atoms in total. The Morgan fingerprint density at radius 2 is 0.778 bits per heavy atom. The minimum absolute atomic E-state index is 0. The van der Waals surface area contributed by atoms with Gasteiger partial charge in [-0.3, -0.25) is 0 Å². The number of hydrogen-bond acceptors (Lipinski definition) is 6. The number of carbonyl (C=O) groups excluding carboxylic acids is 2. The van der Waals surface area contributed by atoms with Gasteiger partial charge in [-0.25, -0.2) is 0 Å². The molecular weight excluding hydrogens is 306 g/mol. The summed E-state index contributed by atoms with van der Waals surface area (Å²) < 4.78 is 0. The maximum absolute atomic E-state index is 8.33. The van der Waals surface area contributed by atoms with Crippen molar-refractivity contribution >= 4 is 12.3 Å². The Balaban J connectivity index is -0.0000000720. The molecule has 0 aromatic heterocycles. The molecule has 0 aromatic carbocycles. The smallest absolute Gasteiger partial charge is 0.652 e. The molecule has 0 N–H and O–H groups in total. The standard InChI is InChI=1S/2CH2O3.Re/c2*2-1(3)4;/h2*(H2,2,3,4);/q;;+4/p-4. The molecule has 0 unspecified atom stereocenters. The van der Waals surface area contributed by atoms with E-state index in [0.717, 1.165) is 0 Å². The SMILES string of the molecule is O=C([O-])[O-].O=C([O-])[O-].[Re+4]. The maximum Gasteiger partial charge on any atom is 4.00 e. The number of carboxylic acid groups (broad SMARTS) is 4. The van der Waals surface area contributed by atoms with Crippen LogP contribution in [0.4, 0.5) is 9.59 Å². The summed E-state index contributed by atoms with van der Waals surface area (Å²) in [4.78, 5) is 16.7. The molecule has 51 valence electrons. The van der Waals surface area contributed by atoms with Crippen LogP contribution in [-0.2, 0) is 20.4 Å². The van der Waals surface area contributed by atoms with Gasteiger partial charge in [0, 0.05) is 0 Å². The van der Waals surface area contributed by atoms with Crippen molar-refractivity contribution in [2.75, 3.05) is 0 Å². The summed E-state index contributed by atoms with van der Waals surface area (Å²) in [5, 5.41) is 33.3. The second-order valence-electron chi connectivity index (χ2n) is 0.500. The van der Waals surface area contributed by atoms with Crippen molar-refractivity contribution in [3.8, 4) is 0 Å². The van der Waals surface area contributed by atoms with Gasteiger partial charge < -0.3 is 30.0 Å². The minimum Gasteiger partial charge on any atom is -0.652 e. The molecular formula is C2O6Re. The van der Waals surface area contributed by atoms with E-state index >= 15 is 0 Å². The molecule has 0 saturated carbocycles. The molecule has 0 aliphatic carbocycles. The molecule has 9 heavy (non-hydrogen) atoms. The number of rotatable bonds is 0. The van der Waals surface area contributed by atoms with Crippen molar-refractivity contribution in [2.24, 2.45) is 0 Å². The van der Waals surface area contributed by atoms with E-state index in [2.05, 4.69) is 0 Å². The van der Waals surface area contributed by atoms with Crippen LogP contribution in [0.5, 0.6) is 0 Å². The average Bonchev–Trinajstić information content (AvgIpc) is 1.25. The summed E-state index contributed by atoms with van der Waals surface area (Å²) in [7, 11) is 0. The van der Waals surface area contributed by atoms with Gasteiger partial charge in [0.2, 0.25) is 0 Å². The minimum atomic E-state index is -2.33. The van der Waals surface area contributed by atoms with E-state index in [0.29, 0.717) is 0 Å². The third-order valence-corrected chi connectivity index (χ3v) is 0. The van der Waals surface area contributed by atoms with E-state index in [1.165, 1.54) is 0 Å². The van der Waals surface area contributed by atoms with E-state index in [-0.39, 0.29) is 20.4 Å². The molecule has 0 aromatic rings. The van der Waals surface area contributed by atoms with Gasteiger partial charge in [-0.05, 0) is 12.3 Å². The van der Waals surface area contributed by atoms with Crippen LogP contribution in [0, 0.1) is 0 Å². The van der Waals surface area contributed by atoms with Crippen molar-refractivity contribution in [3.05, 3.63) is 0 Å². The molecule has 0 spiro atoms. The van der Waals surface area contributed by atoms with Crippen LogP contribution >= 0.6 is 0 Å². The van der Waals surface area contributed by atoms with Gasteiger partial charge in [-0.2, -0.15) is 0 Å². The normalized spacial score (nSPS) is 5.33. The van der Waals surface area contributed by atoms with Crippen LogP contribution in [0.3, 0.4) is 0 Å². The zero-order valence-corrected chi connectivity index (χ0v) is 6.54. The van der Waals surface area contributed by atoms with Gasteiger partial charge in [-0.1, -0.05) is 0 Å². The molecule has 0 aliphatic heterocycles. The second kappa shape index (κ2) is 10.2. The van der Waals surface area contributed by atoms with Gasteiger partial charge in [0.1, 0.15) is 0 Å². The van der Waals surface area contributed by atoms with Crippen LogP contribution in [0.15, 0.2) is 0 Å². The van der Waals surface area contributed by atoms with Crippen molar-refractivity contribution in [1.29, 1.82) is 0 Å². The third kappa shape index (κ3) is 306. The Hall–Kier alpha value is -0.798. The molecule has 0 saturated heterocycles. The molecule has 0 bridgehead atoms. The summed E-state index contributed by atoms with van der Waals surface area (Å²) >= 11 is 0. The molecule has 0 aliphatic rings. The Morgan fingerprint density at radius 3 is 0.778 bits per heavy atom. The fraction of sp³-hybridized carbons (Fsp3) is 0. The third-order valence-electron chi connectivity index (χ3n) is 0. The summed E-state index contributed by atoms with van der Waals surface area (Å²) in [6.45, 7) is 0. The zero-order valence-electron chi connectivity index (χ0n) is 3.83. The van der Waals surface area contributed by atoms with Crippen molar-refractivity contribution in [2.45, 2.75) is 0 Å². The van der Waals surface area contributed by atoms with Gasteiger partial charge >= 0.3 is 20.4 Å². The molecule has 1 radical (unpaired) electrons. The number of carbonyl (C=O) groups is 2. The fourth-order valence-electron chi connectivity index (χ4n) is 0. The van der Waals surface area contributed by atoms with Gasteiger partial charge in [0.15, 0.2) is 0 Å². The van der Waals surface area contributed by atoms with Crippen LogP contribution < -0.4 is 20.4 Å². The monoisotopic (exact) mass is 307 g/mol. The molecule has 0 amide bonds. The Kier molecular flexibility index (Phi) is 17.9. The predicted octanol–water partition coefficient (Wildman–Crippen LogP) is -4.90. The van der Waals surface area contributed by atoms with E-state index in [1.807, 2.05) is 0 Å². The van der Waals surface area contributed by atoms with Crippen molar-refractivity contribution in [3.63, 3.8) is 0 Å². The molecule has 0 rings (SSSR count).